The van der Waals surface area contributed by atoms with E-state index in [0.717, 1.165) is 17.1 Å². The summed E-state index contributed by atoms with van der Waals surface area (Å²) in [5.41, 5.74) is 1.58. The summed E-state index contributed by atoms with van der Waals surface area (Å²) in [6.07, 6.45) is 4.76. The van der Waals surface area contributed by atoms with Gasteiger partial charge >= 0.3 is 0 Å². The standard InChI is InChI=1S/C21H25N7O/c1-16-8-10-23-20(25-16)28-13-21(14-28,12-17-6-4-3-5-7-17)19(29)22-11-9-18-26-24-15-27(18)2/h3-8,10,15H,9,11-14H2,1-2H3,(H,22,29). The molecule has 150 valence electrons. The first-order chi connectivity index (χ1) is 14.1. The second-order valence-corrected chi connectivity index (χ2v) is 7.66. The van der Waals surface area contributed by atoms with Gasteiger partial charge in [-0.25, -0.2) is 9.97 Å². The number of hydrogen-bond acceptors (Lipinski definition) is 6. The summed E-state index contributed by atoms with van der Waals surface area (Å²) in [6.45, 7) is 3.67. The van der Waals surface area contributed by atoms with Gasteiger partial charge in [-0.05, 0) is 25.0 Å². The van der Waals surface area contributed by atoms with E-state index in [9.17, 15) is 4.79 Å². The lowest BCUT2D eigenvalue weighted by atomic mass is 9.74. The summed E-state index contributed by atoms with van der Waals surface area (Å²) in [5, 5.41) is 11.1. The fourth-order valence-electron chi connectivity index (χ4n) is 3.74. The molecule has 0 aliphatic carbocycles. The molecule has 8 heteroatoms. The van der Waals surface area contributed by atoms with Gasteiger partial charge in [-0.1, -0.05) is 30.3 Å². The Morgan fingerprint density at radius 2 is 2.00 bits per heavy atom. The molecule has 0 bridgehead atoms. The van der Waals surface area contributed by atoms with Crippen LogP contribution in [-0.4, -0.2) is 50.3 Å². The van der Waals surface area contributed by atoms with E-state index in [1.807, 2.05) is 42.8 Å². The van der Waals surface area contributed by atoms with Crippen LogP contribution in [0.25, 0.3) is 0 Å². The summed E-state index contributed by atoms with van der Waals surface area (Å²) in [5.74, 6) is 1.60. The first kappa shape index (κ1) is 19.0. The number of aromatic nitrogens is 5. The van der Waals surface area contributed by atoms with Crippen LogP contribution in [0, 0.1) is 12.3 Å². The highest BCUT2D eigenvalue weighted by molar-refractivity contribution is 5.86. The Hall–Kier alpha value is -3.29. The van der Waals surface area contributed by atoms with Gasteiger partial charge in [0, 0.05) is 45.0 Å². The normalized spacial score (nSPS) is 15.0. The smallest absolute Gasteiger partial charge is 0.230 e. The Morgan fingerprint density at radius 3 is 2.69 bits per heavy atom. The number of rotatable bonds is 7. The molecule has 1 saturated heterocycles. The number of aryl methyl sites for hydroxylation is 2. The Labute approximate surface area is 170 Å². The minimum Gasteiger partial charge on any atom is -0.355 e. The number of anilines is 1. The zero-order valence-corrected chi connectivity index (χ0v) is 16.7. The van der Waals surface area contributed by atoms with E-state index in [2.05, 4.69) is 42.5 Å². The van der Waals surface area contributed by atoms with Gasteiger partial charge in [-0.15, -0.1) is 10.2 Å². The van der Waals surface area contributed by atoms with Gasteiger partial charge in [0.1, 0.15) is 12.2 Å². The lowest BCUT2D eigenvalue weighted by Crippen LogP contribution is -2.65. The van der Waals surface area contributed by atoms with Gasteiger partial charge in [0.2, 0.25) is 11.9 Å². The fourth-order valence-corrected chi connectivity index (χ4v) is 3.74. The maximum atomic E-state index is 13.2. The van der Waals surface area contributed by atoms with E-state index in [1.54, 1.807) is 12.5 Å². The molecule has 0 atom stereocenters. The van der Waals surface area contributed by atoms with Crippen LogP contribution in [0.4, 0.5) is 5.95 Å². The molecule has 1 aliphatic rings. The molecular weight excluding hydrogens is 366 g/mol. The van der Waals surface area contributed by atoms with Crippen LogP contribution in [0.1, 0.15) is 17.1 Å². The van der Waals surface area contributed by atoms with Crippen LogP contribution >= 0.6 is 0 Å². The molecule has 29 heavy (non-hydrogen) atoms. The van der Waals surface area contributed by atoms with Gasteiger partial charge in [-0.3, -0.25) is 4.79 Å². The molecule has 1 fully saturated rings. The number of benzene rings is 1. The quantitative estimate of drug-likeness (QED) is 0.654. The molecule has 1 N–H and O–H groups in total. The lowest BCUT2D eigenvalue weighted by Gasteiger charge is -2.49. The minimum atomic E-state index is -0.492. The second kappa shape index (κ2) is 7.98. The highest BCUT2D eigenvalue weighted by Gasteiger charge is 2.50. The topological polar surface area (TPSA) is 88.8 Å². The van der Waals surface area contributed by atoms with Crippen molar-refractivity contribution in [3.8, 4) is 0 Å². The molecule has 8 nitrogen and oxygen atoms in total. The fraction of sp³-hybridized carbons (Fsp3) is 0.381. The second-order valence-electron chi connectivity index (χ2n) is 7.66. The van der Waals surface area contributed by atoms with Gasteiger partial charge < -0.3 is 14.8 Å². The number of carbonyl (C=O) groups excluding carboxylic acids is 1. The van der Waals surface area contributed by atoms with Crippen LogP contribution in [0.15, 0.2) is 48.9 Å². The molecule has 1 aliphatic heterocycles. The third-order valence-electron chi connectivity index (χ3n) is 5.36. The van der Waals surface area contributed by atoms with Crippen LogP contribution in [0.3, 0.4) is 0 Å². The number of carbonyl (C=O) groups is 1. The minimum absolute atomic E-state index is 0.0624. The average Bonchev–Trinajstić information content (AvgIpc) is 3.10. The Balaban J connectivity index is 1.45. The summed E-state index contributed by atoms with van der Waals surface area (Å²) >= 11 is 0. The van der Waals surface area contributed by atoms with E-state index < -0.39 is 5.41 Å². The SMILES string of the molecule is Cc1ccnc(N2CC(Cc3ccccc3)(C(=O)NCCc3nncn3C)C2)n1. The first-order valence-electron chi connectivity index (χ1n) is 9.75. The molecule has 0 spiro atoms. The van der Waals surface area contributed by atoms with Gasteiger partial charge in [0.15, 0.2) is 0 Å². The Kier molecular flexibility index (Phi) is 5.24. The van der Waals surface area contributed by atoms with Gasteiger partial charge in [0.05, 0.1) is 5.41 Å². The first-order valence-corrected chi connectivity index (χ1v) is 9.75. The zero-order chi connectivity index (χ0) is 20.3. The van der Waals surface area contributed by atoms with E-state index in [4.69, 9.17) is 0 Å². The predicted octanol–water partition coefficient (Wildman–Crippen LogP) is 1.32. The maximum absolute atomic E-state index is 13.2. The maximum Gasteiger partial charge on any atom is 0.230 e. The highest BCUT2D eigenvalue weighted by atomic mass is 16.2. The third-order valence-corrected chi connectivity index (χ3v) is 5.36. The average molecular weight is 391 g/mol. The highest BCUT2D eigenvalue weighted by Crippen LogP contribution is 2.36. The van der Waals surface area contributed by atoms with Crippen molar-refractivity contribution in [2.75, 3.05) is 24.5 Å². The molecule has 0 saturated carbocycles. The number of nitrogens with one attached hydrogen (secondary N) is 1. The van der Waals surface area contributed by atoms with E-state index in [0.29, 0.717) is 38.4 Å². The van der Waals surface area contributed by atoms with Gasteiger partial charge in [0.25, 0.3) is 0 Å². The van der Waals surface area contributed by atoms with E-state index in [-0.39, 0.29) is 5.91 Å². The van der Waals surface area contributed by atoms with Crippen LogP contribution in [0.5, 0.6) is 0 Å². The molecule has 0 unspecified atom stereocenters. The summed E-state index contributed by atoms with van der Waals surface area (Å²) < 4.78 is 1.87. The Bertz CT molecular complexity index is 979. The summed E-state index contributed by atoms with van der Waals surface area (Å²) in [4.78, 5) is 24.1. The lowest BCUT2D eigenvalue weighted by molar-refractivity contribution is -0.132. The van der Waals surface area contributed by atoms with Crippen LogP contribution in [0.2, 0.25) is 0 Å². The molecule has 2 aromatic heterocycles. The molecular formula is C21H25N7O. The summed E-state index contributed by atoms with van der Waals surface area (Å²) in [7, 11) is 1.90. The summed E-state index contributed by atoms with van der Waals surface area (Å²) in [6, 6.07) is 12.0. The van der Waals surface area contributed by atoms with Crippen molar-refractivity contribution in [3.63, 3.8) is 0 Å². The van der Waals surface area contributed by atoms with Crippen molar-refractivity contribution in [2.45, 2.75) is 19.8 Å². The number of hydrogen-bond donors (Lipinski definition) is 1. The molecule has 0 radical (unpaired) electrons. The number of nitrogens with zero attached hydrogens (tertiary/aromatic N) is 6. The van der Waals surface area contributed by atoms with Crippen molar-refractivity contribution in [3.05, 3.63) is 66.0 Å². The van der Waals surface area contributed by atoms with Gasteiger partial charge in [-0.2, -0.15) is 0 Å². The molecule has 1 amide bonds. The molecule has 3 aromatic rings. The van der Waals surface area contributed by atoms with Crippen molar-refractivity contribution >= 4 is 11.9 Å². The predicted molar refractivity (Wildman–Crippen MR) is 109 cm³/mol. The molecule has 3 heterocycles. The largest absolute Gasteiger partial charge is 0.355 e. The van der Waals surface area contributed by atoms with Crippen molar-refractivity contribution in [1.29, 1.82) is 0 Å². The number of amides is 1. The zero-order valence-electron chi connectivity index (χ0n) is 16.7. The van der Waals surface area contributed by atoms with Crippen molar-refractivity contribution in [1.82, 2.24) is 30.0 Å². The van der Waals surface area contributed by atoms with Crippen molar-refractivity contribution < 1.29 is 4.79 Å². The third kappa shape index (κ3) is 4.11. The van der Waals surface area contributed by atoms with Crippen LogP contribution < -0.4 is 10.2 Å². The van der Waals surface area contributed by atoms with Crippen molar-refractivity contribution in [2.24, 2.45) is 12.5 Å². The Morgan fingerprint density at radius 1 is 1.21 bits per heavy atom. The molecule has 4 rings (SSSR count). The van der Waals surface area contributed by atoms with Crippen LogP contribution in [-0.2, 0) is 24.7 Å². The molecule has 1 aromatic carbocycles. The monoisotopic (exact) mass is 391 g/mol. The van der Waals surface area contributed by atoms with E-state index >= 15 is 0 Å². The van der Waals surface area contributed by atoms with E-state index in [1.165, 1.54) is 0 Å².